The Morgan fingerprint density at radius 2 is 2.16 bits per heavy atom. The zero-order chi connectivity index (χ0) is 14.0. The molecule has 0 radical (unpaired) electrons. The first-order chi connectivity index (χ1) is 8.88. The van der Waals surface area contributed by atoms with Crippen molar-refractivity contribution in [2.75, 3.05) is 6.61 Å². The summed E-state index contributed by atoms with van der Waals surface area (Å²) in [4.78, 5) is 12.0. The minimum atomic E-state index is -4.38. The molecule has 1 aromatic rings. The van der Waals surface area contributed by atoms with Crippen molar-refractivity contribution < 1.29 is 22.7 Å². The van der Waals surface area contributed by atoms with E-state index in [1.165, 1.54) is 12.1 Å². The Hall–Kier alpha value is -1.36. The molecule has 1 aliphatic rings. The molecule has 0 saturated carbocycles. The molecule has 0 aliphatic carbocycles. The van der Waals surface area contributed by atoms with Gasteiger partial charge >= 0.3 is 6.18 Å². The number of benzene rings is 1. The van der Waals surface area contributed by atoms with E-state index in [1.54, 1.807) is 0 Å². The normalized spacial score (nSPS) is 23.6. The van der Waals surface area contributed by atoms with Crippen LogP contribution in [0.2, 0.25) is 0 Å². The Balaban J connectivity index is 2.09. The molecule has 0 bridgehead atoms. The predicted octanol–water partition coefficient (Wildman–Crippen LogP) is 3.24. The van der Waals surface area contributed by atoms with Crippen molar-refractivity contribution in [3.05, 3.63) is 35.4 Å². The van der Waals surface area contributed by atoms with Gasteiger partial charge in [-0.2, -0.15) is 13.2 Å². The third-order valence-electron chi connectivity index (χ3n) is 3.34. The molecule has 2 rings (SSSR count). The second kappa shape index (κ2) is 5.33. The van der Waals surface area contributed by atoms with Crippen molar-refractivity contribution in [2.45, 2.75) is 32.0 Å². The molecular formula is C14H15F3O2. The van der Waals surface area contributed by atoms with Gasteiger partial charge in [-0.05, 0) is 24.0 Å². The van der Waals surface area contributed by atoms with Gasteiger partial charge in [-0.25, -0.2) is 0 Å². The number of hydrogen-bond acceptors (Lipinski definition) is 2. The zero-order valence-corrected chi connectivity index (χ0v) is 10.5. The van der Waals surface area contributed by atoms with E-state index >= 15 is 0 Å². The zero-order valence-electron chi connectivity index (χ0n) is 10.5. The molecule has 1 aromatic carbocycles. The van der Waals surface area contributed by atoms with E-state index in [9.17, 15) is 18.0 Å². The van der Waals surface area contributed by atoms with Gasteiger partial charge in [0.1, 0.15) is 6.10 Å². The van der Waals surface area contributed by atoms with Crippen LogP contribution in [0.1, 0.15) is 24.5 Å². The van der Waals surface area contributed by atoms with Gasteiger partial charge in [0.15, 0.2) is 5.78 Å². The SMILES string of the molecule is CC1CCOC1C(=O)Cc1cccc(C(F)(F)F)c1. The summed E-state index contributed by atoms with van der Waals surface area (Å²) in [5, 5.41) is 0. The Morgan fingerprint density at radius 3 is 2.74 bits per heavy atom. The summed E-state index contributed by atoms with van der Waals surface area (Å²) in [6.45, 7) is 2.46. The number of carbonyl (C=O) groups is 1. The molecule has 1 fully saturated rings. The molecule has 104 valence electrons. The number of hydrogen-bond donors (Lipinski definition) is 0. The van der Waals surface area contributed by atoms with Crippen LogP contribution < -0.4 is 0 Å². The lowest BCUT2D eigenvalue weighted by molar-refractivity contribution is -0.137. The van der Waals surface area contributed by atoms with Gasteiger partial charge in [-0.1, -0.05) is 25.1 Å². The van der Waals surface area contributed by atoms with E-state index in [1.807, 2.05) is 6.92 Å². The molecule has 1 aliphatic heterocycles. The number of alkyl halides is 3. The lowest BCUT2D eigenvalue weighted by Gasteiger charge is -2.14. The molecule has 1 heterocycles. The second-order valence-corrected chi connectivity index (χ2v) is 4.90. The van der Waals surface area contributed by atoms with Crippen molar-refractivity contribution >= 4 is 5.78 Å². The number of carbonyl (C=O) groups excluding carboxylic acids is 1. The van der Waals surface area contributed by atoms with Gasteiger partial charge in [0, 0.05) is 13.0 Å². The number of ketones is 1. The summed E-state index contributed by atoms with van der Waals surface area (Å²) in [7, 11) is 0. The molecule has 2 unspecified atom stereocenters. The molecule has 0 aromatic heterocycles. The first-order valence-electron chi connectivity index (χ1n) is 6.18. The lowest BCUT2D eigenvalue weighted by atomic mass is 9.96. The minimum Gasteiger partial charge on any atom is -0.370 e. The fourth-order valence-electron chi connectivity index (χ4n) is 2.27. The third kappa shape index (κ3) is 3.35. The summed E-state index contributed by atoms with van der Waals surface area (Å²) in [5.41, 5.74) is -0.347. The van der Waals surface area contributed by atoms with E-state index in [0.29, 0.717) is 12.2 Å². The van der Waals surface area contributed by atoms with Crippen LogP contribution in [0.15, 0.2) is 24.3 Å². The highest BCUT2D eigenvalue weighted by molar-refractivity contribution is 5.85. The second-order valence-electron chi connectivity index (χ2n) is 4.90. The summed E-state index contributed by atoms with van der Waals surface area (Å²) < 4.78 is 43.0. The average Bonchev–Trinajstić information content (AvgIpc) is 2.75. The highest BCUT2D eigenvalue weighted by Gasteiger charge is 2.32. The van der Waals surface area contributed by atoms with E-state index in [4.69, 9.17) is 4.74 Å². The summed E-state index contributed by atoms with van der Waals surface area (Å²) in [6, 6.07) is 4.89. The fraction of sp³-hybridized carbons (Fsp3) is 0.500. The van der Waals surface area contributed by atoms with Crippen molar-refractivity contribution in [3.8, 4) is 0 Å². The average molecular weight is 272 g/mol. The van der Waals surface area contributed by atoms with Gasteiger partial charge < -0.3 is 4.74 Å². The quantitative estimate of drug-likeness (QED) is 0.844. The van der Waals surface area contributed by atoms with E-state index in [2.05, 4.69) is 0 Å². The van der Waals surface area contributed by atoms with Gasteiger partial charge in [0.25, 0.3) is 0 Å². The van der Waals surface area contributed by atoms with Crippen LogP contribution in [0.4, 0.5) is 13.2 Å². The molecule has 5 heteroatoms. The van der Waals surface area contributed by atoms with Gasteiger partial charge in [0.2, 0.25) is 0 Å². The summed E-state index contributed by atoms with van der Waals surface area (Å²) in [5.74, 6) is -0.0115. The van der Waals surface area contributed by atoms with Crippen molar-refractivity contribution in [3.63, 3.8) is 0 Å². The Morgan fingerprint density at radius 1 is 1.42 bits per heavy atom. The smallest absolute Gasteiger partial charge is 0.370 e. The highest BCUT2D eigenvalue weighted by atomic mass is 19.4. The maximum absolute atomic E-state index is 12.6. The Kier molecular flexibility index (Phi) is 3.94. The third-order valence-corrected chi connectivity index (χ3v) is 3.34. The Labute approximate surface area is 109 Å². The molecule has 1 saturated heterocycles. The van der Waals surface area contributed by atoms with Crippen molar-refractivity contribution in [1.29, 1.82) is 0 Å². The topological polar surface area (TPSA) is 26.3 Å². The fourth-order valence-corrected chi connectivity index (χ4v) is 2.27. The monoisotopic (exact) mass is 272 g/mol. The summed E-state index contributed by atoms with van der Waals surface area (Å²) in [6.07, 6.45) is -4.05. The van der Waals surface area contributed by atoms with Gasteiger partial charge in [-0.15, -0.1) is 0 Å². The van der Waals surface area contributed by atoms with Crippen LogP contribution in [0, 0.1) is 5.92 Å². The van der Waals surface area contributed by atoms with Gasteiger partial charge in [-0.3, -0.25) is 4.79 Å². The van der Waals surface area contributed by atoms with E-state index in [-0.39, 0.29) is 18.1 Å². The van der Waals surface area contributed by atoms with Crippen LogP contribution in [0.3, 0.4) is 0 Å². The molecule has 0 N–H and O–H groups in total. The van der Waals surface area contributed by atoms with Gasteiger partial charge in [0.05, 0.1) is 5.56 Å². The van der Waals surface area contributed by atoms with Crippen molar-refractivity contribution in [2.24, 2.45) is 5.92 Å². The summed E-state index contributed by atoms with van der Waals surface area (Å²) >= 11 is 0. The van der Waals surface area contributed by atoms with Crippen molar-refractivity contribution in [1.82, 2.24) is 0 Å². The van der Waals surface area contributed by atoms with Crippen LogP contribution in [-0.2, 0) is 22.1 Å². The predicted molar refractivity (Wildman–Crippen MR) is 63.7 cm³/mol. The van der Waals surface area contributed by atoms with Crippen LogP contribution in [0.25, 0.3) is 0 Å². The molecule has 19 heavy (non-hydrogen) atoms. The largest absolute Gasteiger partial charge is 0.416 e. The van der Waals surface area contributed by atoms with E-state index < -0.39 is 17.8 Å². The number of rotatable bonds is 3. The highest BCUT2D eigenvalue weighted by Crippen LogP contribution is 2.30. The maximum atomic E-state index is 12.6. The molecule has 0 amide bonds. The maximum Gasteiger partial charge on any atom is 0.416 e. The molecular weight excluding hydrogens is 257 g/mol. The molecule has 0 spiro atoms. The van der Waals surface area contributed by atoms with Crippen LogP contribution in [-0.4, -0.2) is 18.5 Å². The number of halogens is 3. The first-order valence-corrected chi connectivity index (χ1v) is 6.18. The van der Waals surface area contributed by atoms with E-state index in [0.717, 1.165) is 18.6 Å². The molecule has 2 atom stereocenters. The number of ether oxygens (including phenoxy) is 1. The minimum absolute atomic E-state index is 0.0150. The number of Topliss-reactive ketones (excluding diaryl/α,β-unsaturated/α-hetero) is 1. The molecule has 2 nitrogen and oxygen atoms in total. The Bertz CT molecular complexity index is 468. The van der Waals surface area contributed by atoms with Crippen LogP contribution in [0.5, 0.6) is 0 Å². The van der Waals surface area contributed by atoms with Crippen LogP contribution >= 0.6 is 0 Å². The lowest BCUT2D eigenvalue weighted by Crippen LogP contribution is -2.26. The first kappa shape index (κ1) is 14.1. The standard InChI is InChI=1S/C14H15F3O2/c1-9-5-6-19-13(9)12(18)8-10-3-2-4-11(7-10)14(15,16)17/h2-4,7,9,13H,5-6,8H2,1H3.